The monoisotopic (exact) mass is 100 g/mol. The molecule has 0 unspecified atom stereocenters. The van der Waals surface area contributed by atoms with Crippen LogP contribution in [-0.4, -0.2) is 13.2 Å². The molecule has 0 spiro atoms. The minimum atomic E-state index is -0.278. The van der Waals surface area contributed by atoms with Gasteiger partial charge in [-0.1, -0.05) is 5.11 Å². The minimum Gasteiger partial charge on any atom is -0.451 e. The first kappa shape index (κ1) is 5.78. The van der Waals surface area contributed by atoms with E-state index in [-0.39, 0.29) is 6.73 Å². The van der Waals surface area contributed by atoms with Gasteiger partial charge in [0.15, 0.2) is 6.73 Å². The number of nitrogens with zero attached hydrogens (tertiary/aromatic N) is 3. The van der Waals surface area contributed by atoms with Crippen molar-refractivity contribution in [1.82, 2.24) is 0 Å². The van der Waals surface area contributed by atoms with Crippen LogP contribution in [0.25, 0.3) is 10.4 Å². The van der Waals surface area contributed by atoms with Crippen molar-refractivity contribution in [3.63, 3.8) is 0 Å². The molecule has 0 saturated heterocycles. The van der Waals surface area contributed by atoms with Crippen LogP contribution < -0.4 is 0 Å². The Bertz CT molecular complexity index is 95.1. The fourth-order valence-corrected chi connectivity index (χ4v) is 0.0810. The summed E-state index contributed by atoms with van der Waals surface area (Å²) >= 11 is 0. The van der Waals surface area contributed by atoms with E-state index in [2.05, 4.69) is 14.8 Å². The first-order chi connectivity index (χ1) is 3.41. The summed E-state index contributed by atoms with van der Waals surface area (Å²) in [5, 5.41) is 2.86. The zero-order valence-electron chi connectivity index (χ0n) is 3.37. The second-order valence-corrected chi connectivity index (χ2v) is 0.588. The van der Waals surface area contributed by atoms with Crippen molar-refractivity contribution in [3.05, 3.63) is 10.4 Å². The van der Waals surface area contributed by atoms with Gasteiger partial charge in [0.05, 0.1) is 0 Å². The smallest absolute Gasteiger partial charge is 0.417 e. The molecule has 0 fully saturated rings. The third kappa shape index (κ3) is 4.78. The fourth-order valence-electron chi connectivity index (χ4n) is 0.0810. The van der Waals surface area contributed by atoms with Gasteiger partial charge >= 0.3 is 6.47 Å². The predicted molar refractivity (Wildman–Crippen MR) is 20.8 cm³/mol. The molecule has 0 atom stereocenters. The second-order valence-electron chi connectivity index (χ2n) is 0.588. The molecule has 0 aromatic heterocycles. The molecule has 0 aliphatic carbocycles. The maximum Gasteiger partial charge on any atom is 0.417 e. The quantitative estimate of drug-likeness (QED) is 0.222. The highest BCUT2D eigenvalue weighted by molar-refractivity contribution is 5.37. The van der Waals surface area contributed by atoms with Crippen LogP contribution in [0.5, 0.6) is 0 Å². The van der Waals surface area contributed by atoms with Crippen molar-refractivity contribution < 1.29 is 9.53 Å². The Kier molecular flexibility index (Phi) is 3.95. The van der Waals surface area contributed by atoms with Crippen molar-refractivity contribution in [2.24, 2.45) is 5.11 Å². The van der Waals surface area contributed by atoms with Crippen molar-refractivity contribution >= 4 is 6.47 Å². The molecule has 0 N–H and O–H groups in total. The molecule has 0 amide bonds. The lowest BCUT2D eigenvalue weighted by Gasteiger charge is -1.79. The van der Waals surface area contributed by atoms with E-state index in [0.717, 1.165) is 6.47 Å². The average Bonchev–Trinajstić information content (AvgIpc) is 1.69. The number of rotatable bonds is 3. The summed E-state index contributed by atoms with van der Waals surface area (Å²) in [6, 6.07) is 0. The summed E-state index contributed by atoms with van der Waals surface area (Å²) < 4.78 is 3.85. The normalized spacial score (nSPS) is 6.29. The lowest BCUT2D eigenvalue weighted by Crippen LogP contribution is -1.82. The number of azide groups is 1. The Morgan fingerprint density at radius 3 is 3.14 bits per heavy atom. The highest BCUT2D eigenvalue weighted by Gasteiger charge is 1.71. The molecule has 37 valence electrons. The van der Waals surface area contributed by atoms with Crippen LogP contribution >= 0.6 is 0 Å². The van der Waals surface area contributed by atoms with E-state index >= 15 is 0 Å². The highest BCUT2D eigenvalue weighted by atomic mass is 16.5. The molecule has 0 rings (SSSR count). The first-order valence-corrected chi connectivity index (χ1v) is 1.41. The molecule has 0 aromatic rings. The van der Waals surface area contributed by atoms with E-state index in [0.29, 0.717) is 0 Å². The molecule has 5 nitrogen and oxygen atoms in total. The summed E-state index contributed by atoms with van der Waals surface area (Å²) in [5.41, 5.74) is 7.54. The van der Waals surface area contributed by atoms with Crippen LogP contribution in [0.1, 0.15) is 0 Å². The fraction of sp³-hybridized carbons (Fsp3) is 0.500. The van der Waals surface area contributed by atoms with E-state index in [1.807, 2.05) is 0 Å². The topological polar surface area (TPSA) is 75.1 Å². The van der Waals surface area contributed by atoms with Crippen LogP contribution in [-0.2, 0) is 9.53 Å². The Balaban J connectivity index is 2.97. The van der Waals surface area contributed by atoms with Crippen LogP contribution in [0, 0.1) is 0 Å². The molecule has 7 heavy (non-hydrogen) atoms. The SMILES string of the molecule is [N-]=[N+]=NCO[C]=O. The van der Waals surface area contributed by atoms with Crippen LogP contribution in [0.2, 0.25) is 0 Å². The van der Waals surface area contributed by atoms with Gasteiger partial charge in [0.1, 0.15) is 0 Å². The lowest BCUT2D eigenvalue weighted by atomic mass is 11.3. The van der Waals surface area contributed by atoms with Gasteiger partial charge < -0.3 is 4.74 Å². The molecular formula is C2H2N3O2. The molecule has 0 heterocycles. The Labute approximate surface area is 39.5 Å². The summed E-state index contributed by atoms with van der Waals surface area (Å²) in [6.45, 7) is 0.810. The third-order valence-electron chi connectivity index (χ3n) is 0.244. The van der Waals surface area contributed by atoms with Gasteiger partial charge in [-0.2, -0.15) is 0 Å². The van der Waals surface area contributed by atoms with E-state index in [1.54, 1.807) is 0 Å². The molecule has 5 heteroatoms. The van der Waals surface area contributed by atoms with Crippen LogP contribution in [0.4, 0.5) is 0 Å². The molecule has 0 bridgehead atoms. The Hall–Kier alpha value is -1.22. The number of hydrogen-bond acceptors (Lipinski definition) is 3. The van der Waals surface area contributed by atoms with Crippen molar-refractivity contribution in [2.75, 3.05) is 6.73 Å². The van der Waals surface area contributed by atoms with Crippen LogP contribution in [0.15, 0.2) is 5.11 Å². The molecule has 0 aliphatic heterocycles. The molecule has 0 aromatic carbocycles. The lowest BCUT2D eigenvalue weighted by molar-refractivity contribution is 0.287. The van der Waals surface area contributed by atoms with Gasteiger partial charge in [-0.3, -0.25) is 0 Å². The van der Waals surface area contributed by atoms with Gasteiger partial charge in [-0.25, -0.2) is 4.79 Å². The van der Waals surface area contributed by atoms with Gasteiger partial charge in [-0.05, 0) is 5.53 Å². The molecule has 0 saturated carbocycles. The van der Waals surface area contributed by atoms with E-state index in [9.17, 15) is 0 Å². The second kappa shape index (κ2) is 4.78. The number of ether oxygens (including phenoxy) is 1. The van der Waals surface area contributed by atoms with Gasteiger partial charge in [-0.15, -0.1) is 0 Å². The van der Waals surface area contributed by atoms with E-state index in [4.69, 9.17) is 10.3 Å². The maximum absolute atomic E-state index is 9.15. The summed E-state index contributed by atoms with van der Waals surface area (Å²) in [6.07, 6.45) is 0. The van der Waals surface area contributed by atoms with E-state index < -0.39 is 0 Å². The molecule has 0 aliphatic rings. The minimum absolute atomic E-state index is 0.278. The third-order valence-corrected chi connectivity index (χ3v) is 0.244. The van der Waals surface area contributed by atoms with E-state index in [1.165, 1.54) is 0 Å². The molecule has 1 radical (unpaired) electrons. The van der Waals surface area contributed by atoms with Gasteiger partial charge in [0, 0.05) is 4.91 Å². The Morgan fingerprint density at radius 1 is 2.00 bits per heavy atom. The van der Waals surface area contributed by atoms with Crippen LogP contribution in [0.3, 0.4) is 0 Å². The molecular weight excluding hydrogens is 98.0 g/mol. The summed E-state index contributed by atoms with van der Waals surface area (Å²) in [4.78, 5) is 11.4. The largest absolute Gasteiger partial charge is 0.451 e. The number of carbonyl (C=O) groups excluding carboxylic acids is 1. The maximum atomic E-state index is 9.15. The van der Waals surface area contributed by atoms with Gasteiger partial charge in [0.25, 0.3) is 0 Å². The summed E-state index contributed by atoms with van der Waals surface area (Å²) in [5.74, 6) is 0. The average molecular weight is 100 g/mol. The Morgan fingerprint density at radius 2 is 2.71 bits per heavy atom. The number of hydrogen-bond donors (Lipinski definition) is 0. The predicted octanol–water partition coefficient (Wildman–Crippen LogP) is 0.338. The zero-order valence-corrected chi connectivity index (χ0v) is 3.37. The highest BCUT2D eigenvalue weighted by Crippen LogP contribution is 1.68. The van der Waals surface area contributed by atoms with Crippen molar-refractivity contribution in [1.29, 1.82) is 0 Å². The summed E-state index contributed by atoms with van der Waals surface area (Å²) in [7, 11) is 0. The zero-order chi connectivity index (χ0) is 5.54. The standard InChI is InChI=1S/C2H2N3O2/c3-5-4-1-7-2-6/h1H2. The van der Waals surface area contributed by atoms with Crippen molar-refractivity contribution in [3.8, 4) is 0 Å². The van der Waals surface area contributed by atoms with Gasteiger partial charge in [0.2, 0.25) is 0 Å². The first-order valence-electron chi connectivity index (χ1n) is 1.41. The van der Waals surface area contributed by atoms with Crippen molar-refractivity contribution in [2.45, 2.75) is 0 Å².